The second kappa shape index (κ2) is 6.20. The van der Waals surface area contributed by atoms with Crippen LogP contribution in [0.2, 0.25) is 10.0 Å². The van der Waals surface area contributed by atoms with E-state index < -0.39 is 6.09 Å². The summed E-state index contributed by atoms with van der Waals surface area (Å²) < 4.78 is 6.54. The number of ether oxygens (including phenoxy) is 1. The molecule has 0 aliphatic carbocycles. The Bertz CT molecular complexity index is 653. The fourth-order valence-electron chi connectivity index (χ4n) is 1.72. The molecule has 7 heteroatoms. The molecule has 0 spiro atoms. The molecule has 0 radical (unpaired) electrons. The minimum atomic E-state index is -0.518. The number of imidazole rings is 1. The molecule has 1 aromatic heterocycles. The minimum Gasteiger partial charge on any atom is -0.449 e. The van der Waals surface area contributed by atoms with Crippen LogP contribution in [0.5, 0.6) is 0 Å². The van der Waals surface area contributed by atoms with Crippen molar-refractivity contribution in [3.63, 3.8) is 0 Å². The lowest BCUT2D eigenvalue weighted by Crippen LogP contribution is -2.18. The highest BCUT2D eigenvalue weighted by atomic mass is 35.5. The molecule has 0 atom stereocenters. The summed E-state index contributed by atoms with van der Waals surface area (Å²) in [5, 5.41) is 0.721. The Morgan fingerprint density at radius 1 is 1.35 bits per heavy atom. The zero-order chi connectivity index (χ0) is 14.9. The highest BCUT2D eigenvalue weighted by Gasteiger charge is 2.19. The Labute approximate surface area is 131 Å². The third-order valence-corrected chi connectivity index (χ3v) is 3.57. The number of carbonyl (C=O) groups is 1. The lowest BCUT2D eigenvalue weighted by Gasteiger charge is -2.09. The number of carbonyl (C=O) groups excluding carboxylic acids is 1. The lowest BCUT2D eigenvalue weighted by atomic mass is 10.2. The molecule has 0 unspecified atom stereocenters. The fourth-order valence-corrected chi connectivity index (χ4v) is 2.21. The second-order valence-corrected chi connectivity index (χ2v) is 5.80. The van der Waals surface area contributed by atoms with Gasteiger partial charge in [0.2, 0.25) is 0 Å². The van der Waals surface area contributed by atoms with Gasteiger partial charge in [0.05, 0.1) is 33.6 Å². The van der Waals surface area contributed by atoms with Crippen molar-refractivity contribution in [2.24, 2.45) is 5.92 Å². The average molecular weight is 336 g/mol. The van der Waals surface area contributed by atoms with Gasteiger partial charge in [-0.1, -0.05) is 37.0 Å². The summed E-state index contributed by atoms with van der Waals surface area (Å²) in [4.78, 5) is 16.4. The van der Waals surface area contributed by atoms with Crippen LogP contribution in [0.4, 0.5) is 4.79 Å². The first-order valence-electron chi connectivity index (χ1n) is 6.03. The molecule has 20 heavy (non-hydrogen) atoms. The van der Waals surface area contributed by atoms with Gasteiger partial charge in [0.15, 0.2) is 0 Å². The van der Waals surface area contributed by atoms with Crippen LogP contribution in [-0.2, 0) is 10.6 Å². The van der Waals surface area contributed by atoms with E-state index in [9.17, 15) is 4.79 Å². The van der Waals surface area contributed by atoms with E-state index in [-0.39, 0.29) is 11.8 Å². The van der Waals surface area contributed by atoms with Crippen LogP contribution >= 0.6 is 34.8 Å². The monoisotopic (exact) mass is 334 g/mol. The molecule has 0 fully saturated rings. The quantitative estimate of drug-likeness (QED) is 0.762. The molecule has 0 N–H and O–H groups in total. The summed E-state index contributed by atoms with van der Waals surface area (Å²) in [5.74, 6) is 0.723. The average Bonchev–Trinajstić information content (AvgIpc) is 2.74. The van der Waals surface area contributed by atoms with Gasteiger partial charge in [-0.05, 0) is 18.1 Å². The number of nitrogens with zero attached hydrogens (tertiary/aromatic N) is 2. The molecule has 0 saturated carbocycles. The number of alkyl halides is 1. The highest BCUT2D eigenvalue weighted by molar-refractivity contribution is 6.42. The van der Waals surface area contributed by atoms with E-state index in [1.807, 2.05) is 13.8 Å². The van der Waals surface area contributed by atoms with Crippen molar-refractivity contribution in [2.45, 2.75) is 19.7 Å². The van der Waals surface area contributed by atoms with Gasteiger partial charge in [-0.15, -0.1) is 11.6 Å². The molecule has 2 rings (SSSR count). The Kier molecular flexibility index (Phi) is 4.78. The summed E-state index contributed by atoms with van der Waals surface area (Å²) in [6.45, 7) is 4.23. The number of fused-ring (bicyclic) bond motifs is 1. The van der Waals surface area contributed by atoms with E-state index in [0.29, 0.717) is 33.5 Å². The Balaban J connectivity index is 2.49. The minimum absolute atomic E-state index is 0.0840. The van der Waals surface area contributed by atoms with Gasteiger partial charge in [0.25, 0.3) is 0 Å². The molecule has 1 heterocycles. The summed E-state index contributed by atoms with van der Waals surface area (Å²) in [6, 6.07) is 3.18. The van der Waals surface area contributed by atoms with E-state index in [1.165, 1.54) is 4.57 Å². The van der Waals surface area contributed by atoms with Gasteiger partial charge in [-0.2, -0.15) is 0 Å². The van der Waals surface area contributed by atoms with Gasteiger partial charge in [0, 0.05) is 0 Å². The fraction of sp³-hybridized carbons (Fsp3) is 0.385. The van der Waals surface area contributed by atoms with Crippen LogP contribution in [0.25, 0.3) is 11.0 Å². The number of hydrogen-bond donors (Lipinski definition) is 0. The van der Waals surface area contributed by atoms with Crippen LogP contribution < -0.4 is 0 Å². The zero-order valence-electron chi connectivity index (χ0n) is 11.0. The Morgan fingerprint density at radius 3 is 2.60 bits per heavy atom. The maximum atomic E-state index is 12.2. The molecule has 0 saturated heterocycles. The summed E-state index contributed by atoms with van der Waals surface area (Å²) in [6.07, 6.45) is -0.518. The first-order chi connectivity index (χ1) is 9.43. The number of hydrogen-bond acceptors (Lipinski definition) is 3. The highest BCUT2D eigenvalue weighted by Crippen LogP contribution is 2.28. The number of rotatable bonds is 3. The zero-order valence-corrected chi connectivity index (χ0v) is 13.3. The molecule has 1 aromatic carbocycles. The second-order valence-electron chi connectivity index (χ2n) is 4.72. The van der Waals surface area contributed by atoms with E-state index in [1.54, 1.807) is 12.1 Å². The topological polar surface area (TPSA) is 44.1 Å². The molecule has 0 bridgehead atoms. The van der Waals surface area contributed by atoms with Crippen molar-refractivity contribution in [1.29, 1.82) is 0 Å². The van der Waals surface area contributed by atoms with E-state index in [0.717, 1.165) is 0 Å². The van der Waals surface area contributed by atoms with E-state index >= 15 is 0 Å². The first-order valence-corrected chi connectivity index (χ1v) is 7.32. The van der Waals surface area contributed by atoms with Gasteiger partial charge >= 0.3 is 6.09 Å². The van der Waals surface area contributed by atoms with Crippen molar-refractivity contribution in [2.75, 3.05) is 6.61 Å². The van der Waals surface area contributed by atoms with Crippen molar-refractivity contribution in [3.8, 4) is 0 Å². The number of aromatic nitrogens is 2. The largest absolute Gasteiger partial charge is 0.449 e. The van der Waals surface area contributed by atoms with Crippen molar-refractivity contribution >= 4 is 51.9 Å². The summed E-state index contributed by atoms with van der Waals surface area (Å²) in [5.41, 5.74) is 1.08. The normalized spacial score (nSPS) is 11.3. The molecule has 2 aromatic rings. The van der Waals surface area contributed by atoms with E-state index in [2.05, 4.69) is 4.98 Å². The first kappa shape index (κ1) is 15.4. The van der Waals surface area contributed by atoms with Crippen LogP contribution in [0.15, 0.2) is 12.1 Å². The van der Waals surface area contributed by atoms with Crippen LogP contribution in [-0.4, -0.2) is 22.3 Å². The Hall–Kier alpha value is -0.970. The number of benzene rings is 1. The predicted octanol–water partition coefficient (Wildman–Crippen LogP) is 4.72. The van der Waals surface area contributed by atoms with Crippen LogP contribution in [0.3, 0.4) is 0 Å². The molecular weight excluding hydrogens is 323 g/mol. The van der Waals surface area contributed by atoms with Crippen molar-refractivity contribution < 1.29 is 9.53 Å². The molecule has 4 nitrogen and oxygen atoms in total. The van der Waals surface area contributed by atoms with Gasteiger partial charge < -0.3 is 4.74 Å². The van der Waals surface area contributed by atoms with Gasteiger partial charge in [0.1, 0.15) is 5.82 Å². The molecule has 108 valence electrons. The summed E-state index contributed by atoms with van der Waals surface area (Å²) in [7, 11) is 0. The van der Waals surface area contributed by atoms with E-state index in [4.69, 9.17) is 39.5 Å². The molecule has 0 aliphatic rings. The standard InChI is InChI=1S/C13H13Cl3N2O2/c1-7(2)6-20-13(19)18-11-4-9(16)8(15)3-10(11)17-12(18)5-14/h3-4,7H,5-6H2,1-2H3. The molecular formula is C13H13Cl3N2O2. The van der Waals surface area contributed by atoms with Crippen LogP contribution in [0, 0.1) is 5.92 Å². The van der Waals surface area contributed by atoms with Crippen molar-refractivity contribution in [3.05, 3.63) is 28.0 Å². The smallest absolute Gasteiger partial charge is 0.420 e. The third-order valence-electron chi connectivity index (χ3n) is 2.61. The molecule has 0 aliphatic heterocycles. The Morgan fingerprint density at radius 2 is 2.00 bits per heavy atom. The van der Waals surface area contributed by atoms with Gasteiger partial charge in [-0.3, -0.25) is 0 Å². The third kappa shape index (κ3) is 3.03. The van der Waals surface area contributed by atoms with Gasteiger partial charge in [-0.25, -0.2) is 14.3 Å². The summed E-state index contributed by atoms with van der Waals surface area (Å²) >= 11 is 17.8. The maximum absolute atomic E-state index is 12.2. The molecule has 0 amide bonds. The predicted molar refractivity (Wildman–Crippen MR) is 80.9 cm³/mol. The lowest BCUT2D eigenvalue weighted by molar-refractivity contribution is 0.135. The van der Waals surface area contributed by atoms with Crippen LogP contribution in [0.1, 0.15) is 19.7 Å². The maximum Gasteiger partial charge on any atom is 0.420 e. The van der Waals surface area contributed by atoms with Crippen molar-refractivity contribution in [1.82, 2.24) is 9.55 Å². The SMILES string of the molecule is CC(C)COC(=O)n1c(CCl)nc2cc(Cl)c(Cl)cc21. The number of halogens is 3.